The first-order valence-corrected chi connectivity index (χ1v) is 7.48. The fourth-order valence-corrected chi connectivity index (χ4v) is 2.71. The number of benzene rings is 2. The molecule has 2 unspecified atom stereocenters. The molecule has 22 heavy (non-hydrogen) atoms. The van der Waals surface area contributed by atoms with Crippen molar-refractivity contribution in [2.24, 2.45) is 17.4 Å². The first-order valence-electron chi connectivity index (χ1n) is 7.48. The van der Waals surface area contributed by atoms with E-state index in [1.54, 1.807) is 19.1 Å². The Labute approximate surface area is 130 Å². The Morgan fingerprint density at radius 1 is 0.955 bits per heavy atom. The number of aliphatic hydroxyl groups is 1. The Morgan fingerprint density at radius 2 is 1.55 bits per heavy atom. The smallest absolute Gasteiger partial charge is 0.123 e. The molecule has 4 atom stereocenters. The zero-order chi connectivity index (χ0) is 16.1. The minimum absolute atomic E-state index is 0.178. The zero-order valence-electron chi connectivity index (χ0n) is 12.7. The first-order chi connectivity index (χ1) is 10.5. The van der Waals surface area contributed by atoms with Crippen molar-refractivity contribution in [3.8, 4) is 0 Å². The quantitative estimate of drug-likeness (QED) is 0.768. The summed E-state index contributed by atoms with van der Waals surface area (Å²) in [4.78, 5) is 0. The van der Waals surface area contributed by atoms with E-state index in [-0.39, 0.29) is 23.8 Å². The van der Waals surface area contributed by atoms with Crippen LogP contribution in [0.25, 0.3) is 0 Å². The van der Waals surface area contributed by atoms with Crippen molar-refractivity contribution < 1.29 is 9.50 Å². The van der Waals surface area contributed by atoms with Crippen molar-refractivity contribution in [1.82, 2.24) is 0 Å². The van der Waals surface area contributed by atoms with Crippen LogP contribution >= 0.6 is 0 Å². The number of halogens is 1. The summed E-state index contributed by atoms with van der Waals surface area (Å²) in [6, 6.07) is 15.2. The van der Waals surface area contributed by atoms with E-state index in [2.05, 4.69) is 0 Å². The summed E-state index contributed by atoms with van der Waals surface area (Å²) in [5.41, 5.74) is 14.3. The number of hydrogen-bond acceptors (Lipinski definition) is 3. The molecule has 2 aromatic carbocycles. The van der Waals surface area contributed by atoms with Gasteiger partial charge in [-0.3, -0.25) is 0 Å². The van der Waals surface area contributed by atoms with E-state index in [0.29, 0.717) is 6.42 Å². The SMILES string of the molecule is C[C@@H](O)[C@@H](CC(N)c1ccc(F)cc1)C(N)c1ccccc1. The Hall–Kier alpha value is -1.75. The maximum absolute atomic E-state index is 13.0. The largest absolute Gasteiger partial charge is 0.393 e. The fraction of sp³-hybridized carbons (Fsp3) is 0.333. The van der Waals surface area contributed by atoms with Gasteiger partial charge in [0, 0.05) is 18.0 Å². The van der Waals surface area contributed by atoms with Crippen LogP contribution in [0.5, 0.6) is 0 Å². The molecule has 0 fully saturated rings. The molecule has 0 saturated heterocycles. The molecule has 0 saturated carbocycles. The normalized spacial score (nSPS) is 16.8. The van der Waals surface area contributed by atoms with Crippen molar-refractivity contribution in [3.63, 3.8) is 0 Å². The second-order valence-corrected chi connectivity index (χ2v) is 5.73. The van der Waals surface area contributed by atoms with Gasteiger partial charge in [0.25, 0.3) is 0 Å². The predicted molar refractivity (Wildman–Crippen MR) is 86.5 cm³/mol. The molecule has 0 aliphatic carbocycles. The van der Waals surface area contributed by atoms with Crippen molar-refractivity contribution in [1.29, 1.82) is 0 Å². The van der Waals surface area contributed by atoms with Gasteiger partial charge in [0.1, 0.15) is 5.82 Å². The average Bonchev–Trinajstić information content (AvgIpc) is 2.53. The minimum Gasteiger partial charge on any atom is -0.393 e. The monoisotopic (exact) mass is 302 g/mol. The third kappa shape index (κ3) is 4.13. The summed E-state index contributed by atoms with van der Waals surface area (Å²) in [7, 11) is 0. The van der Waals surface area contributed by atoms with Crippen LogP contribution in [0.3, 0.4) is 0 Å². The lowest BCUT2D eigenvalue weighted by Crippen LogP contribution is -2.32. The van der Waals surface area contributed by atoms with Gasteiger partial charge in [-0.25, -0.2) is 4.39 Å². The van der Waals surface area contributed by atoms with E-state index in [9.17, 15) is 9.50 Å². The Bertz CT molecular complexity index is 571. The number of nitrogens with two attached hydrogens (primary N) is 2. The van der Waals surface area contributed by atoms with Gasteiger partial charge in [-0.05, 0) is 36.6 Å². The summed E-state index contributed by atoms with van der Waals surface area (Å²) in [6.07, 6.45) is -0.0546. The Balaban J connectivity index is 2.13. The molecule has 3 nitrogen and oxygen atoms in total. The van der Waals surface area contributed by atoms with Gasteiger partial charge in [0.15, 0.2) is 0 Å². The summed E-state index contributed by atoms with van der Waals surface area (Å²) in [5.74, 6) is -0.466. The Morgan fingerprint density at radius 3 is 2.09 bits per heavy atom. The van der Waals surface area contributed by atoms with Crippen molar-refractivity contribution in [2.45, 2.75) is 31.5 Å². The molecule has 0 heterocycles. The molecule has 0 radical (unpaired) electrons. The van der Waals surface area contributed by atoms with Crippen LogP contribution in [0, 0.1) is 11.7 Å². The molecule has 0 bridgehead atoms. The van der Waals surface area contributed by atoms with Crippen molar-refractivity contribution in [2.75, 3.05) is 0 Å². The minimum atomic E-state index is -0.582. The summed E-state index contributed by atoms with van der Waals surface area (Å²) in [6.45, 7) is 1.73. The van der Waals surface area contributed by atoms with Crippen LogP contribution in [0.15, 0.2) is 54.6 Å². The topological polar surface area (TPSA) is 72.3 Å². The average molecular weight is 302 g/mol. The fourth-order valence-electron chi connectivity index (χ4n) is 2.71. The number of rotatable bonds is 6. The van der Waals surface area contributed by atoms with E-state index < -0.39 is 6.10 Å². The summed E-state index contributed by atoms with van der Waals surface area (Å²) < 4.78 is 13.0. The van der Waals surface area contributed by atoms with E-state index >= 15 is 0 Å². The lowest BCUT2D eigenvalue weighted by Gasteiger charge is -2.29. The van der Waals surface area contributed by atoms with Crippen LogP contribution < -0.4 is 11.5 Å². The van der Waals surface area contributed by atoms with Crippen molar-refractivity contribution in [3.05, 3.63) is 71.5 Å². The third-order valence-electron chi connectivity index (χ3n) is 4.09. The molecule has 0 aliphatic rings. The lowest BCUT2D eigenvalue weighted by atomic mass is 9.83. The van der Waals surface area contributed by atoms with E-state index in [4.69, 9.17) is 11.5 Å². The highest BCUT2D eigenvalue weighted by atomic mass is 19.1. The van der Waals surface area contributed by atoms with Crippen LogP contribution in [-0.4, -0.2) is 11.2 Å². The maximum Gasteiger partial charge on any atom is 0.123 e. The molecule has 118 valence electrons. The molecule has 2 rings (SSSR count). The van der Waals surface area contributed by atoms with Crippen LogP contribution in [0.2, 0.25) is 0 Å². The van der Waals surface area contributed by atoms with Gasteiger partial charge in [-0.1, -0.05) is 42.5 Å². The second-order valence-electron chi connectivity index (χ2n) is 5.73. The van der Waals surface area contributed by atoms with Crippen molar-refractivity contribution >= 4 is 0 Å². The highest BCUT2D eigenvalue weighted by Crippen LogP contribution is 2.30. The maximum atomic E-state index is 13.0. The van der Waals surface area contributed by atoms with E-state index in [1.807, 2.05) is 30.3 Å². The van der Waals surface area contributed by atoms with Crippen LogP contribution in [0.4, 0.5) is 4.39 Å². The molecule has 0 aliphatic heterocycles. The number of aliphatic hydroxyl groups excluding tert-OH is 1. The molecule has 0 amide bonds. The standard InChI is InChI=1S/C18H23FN2O/c1-12(22)16(18(21)14-5-3-2-4-6-14)11-17(20)13-7-9-15(19)10-8-13/h2-10,12,16-18,22H,11,20-21H2,1H3/t12-,16-,17?,18?/m1/s1. The molecule has 0 aromatic heterocycles. The number of hydrogen-bond donors (Lipinski definition) is 3. The van der Waals surface area contributed by atoms with E-state index in [0.717, 1.165) is 11.1 Å². The molecule has 0 spiro atoms. The summed E-state index contributed by atoms with van der Waals surface area (Å²) in [5, 5.41) is 10.1. The van der Waals surface area contributed by atoms with Crippen LogP contribution in [-0.2, 0) is 0 Å². The van der Waals surface area contributed by atoms with Crippen LogP contribution in [0.1, 0.15) is 36.6 Å². The highest BCUT2D eigenvalue weighted by Gasteiger charge is 2.26. The van der Waals surface area contributed by atoms with Gasteiger partial charge in [-0.15, -0.1) is 0 Å². The van der Waals surface area contributed by atoms with E-state index in [1.165, 1.54) is 12.1 Å². The third-order valence-corrected chi connectivity index (χ3v) is 4.09. The van der Waals surface area contributed by atoms with Gasteiger partial charge in [0.2, 0.25) is 0 Å². The van der Waals surface area contributed by atoms with Gasteiger partial charge in [0.05, 0.1) is 6.10 Å². The van der Waals surface area contributed by atoms with Gasteiger partial charge < -0.3 is 16.6 Å². The Kier molecular flexibility index (Phi) is 5.66. The molecular weight excluding hydrogens is 279 g/mol. The highest BCUT2D eigenvalue weighted by molar-refractivity contribution is 5.22. The van der Waals surface area contributed by atoms with Gasteiger partial charge in [-0.2, -0.15) is 0 Å². The lowest BCUT2D eigenvalue weighted by molar-refractivity contribution is 0.0987. The zero-order valence-corrected chi connectivity index (χ0v) is 12.7. The predicted octanol–water partition coefficient (Wildman–Crippen LogP) is 2.91. The molecule has 4 heteroatoms. The molecule has 2 aromatic rings. The van der Waals surface area contributed by atoms with Gasteiger partial charge >= 0.3 is 0 Å². The summed E-state index contributed by atoms with van der Waals surface area (Å²) >= 11 is 0. The second kappa shape index (κ2) is 7.49. The molecule has 5 N–H and O–H groups in total. The molecular formula is C18H23FN2O. The first kappa shape index (κ1) is 16.6.